The molecule has 0 aliphatic rings. The second-order valence-electron chi connectivity index (χ2n) is 4.85. The molecule has 23 heavy (non-hydrogen) atoms. The van der Waals surface area contributed by atoms with Crippen LogP contribution >= 0.6 is 11.6 Å². The summed E-state index contributed by atoms with van der Waals surface area (Å²) in [7, 11) is -2.02. The van der Waals surface area contributed by atoms with Crippen LogP contribution in [0.15, 0.2) is 42.5 Å². The zero-order valence-electron chi connectivity index (χ0n) is 11.9. The van der Waals surface area contributed by atoms with Gasteiger partial charge < -0.3 is 20.5 Å². The second-order valence-corrected chi connectivity index (χ2v) is 5.28. The highest BCUT2D eigenvalue weighted by molar-refractivity contribution is 6.58. The first-order valence-corrected chi connectivity index (χ1v) is 7.13. The average Bonchev–Trinajstić information content (AvgIpc) is 2.52. The van der Waals surface area contributed by atoms with Crippen LogP contribution in [-0.4, -0.2) is 34.8 Å². The van der Waals surface area contributed by atoms with Gasteiger partial charge in [0.05, 0.1) is 18.2 Å². The molecule has 2 rings (SSSR count). The van der Waals surface area contributed by atoms with E-state index in [1.807, 2.05) is 0 Å². The Morgan fingerprint density at radius 1 is 1.26 bits per heavy atom. The first kappa shape index (κ1) is 17.4. The maximum atomic E-state index is 14.1. The summed E-state index contributed by atoms with van der Waals surface area (Å²) in [5.41, 5.74) is -0.191. The fourth-order valence-electron chi connectivity index (χ4n) is 2.12. The zero-order chi connectivity index (χ0) is 17.0. The number of hydrogen-bond acceptors (Lipinski definition) is 4. The van der Waals surface area contributed by atoms with Crippen molar-refractivity contribution in [3.05, 3.63) is 64.4 Å². The van der Waals surface area contributed by atoms with E-state index >= 15 is 0 Å². The second kappa shape index (κ2) is 7.56. The van der Waals surface area contributed by atoms with Gasteiger partial charge in [-0.25, -0.2) is 4.39 Å². The molecule has 0 radical (unpaired) electrons. The van der Waals surface area contributed by atoms with Gasteiger partial charge in [0.15, 0.2) is 0 Å². The van der Waals surface area contributed by atoms with Crippen molar-refractivity contribution in [1.82, 2.24) is 5.32 Å². The fraction of sp³-hybridized carbons (Fsp3) is 0.133. The third kappa shape index (κ3) is 4.08. The van der Waals surface area contributed by atoms with Crippen molar-refractivity contribution in [3.8, 4) is 0 Å². The summed E-state index contributed by atoms with van der Waals surface area (Å²) in [5, 5.41) is 30.5. The number of amides is 1. The van der Waals surface area contributed by atoms with E-state index in [0.717, 1.165) is 6.07 Å². The number of hydrogen-bond donors (Lipinski definition) is 4. The van der Waals surface area contributed by atoms with Crippen molar-refractivity contribution in [3.63, 3.8) is 0 Å². The molecule has 0 unspecified atom stereocenters. The van der Waals surface area contributed by atoms with E-state index in [1.54, 1.807) is 24.3 Å². The van der Waals surface area contributed by atoms with E-state index in [9.17, 15) is 14.3 Å². The Balaban J connectivity index is 2.25. The molecular weight excluding hydrogens is 323 g/mol. The average molecular weight is 338 g/mol. The lowest BCUT2D eigenvalue weighted by atomic mass is 9.79. The Labute approximate surface area is 137 Å². The molecule has 0 saturated carbocycles. The molecule has 120 valence electrons. The lowest BCUT2D eigenvalue weighted by molar-refractivity contribution is 0.0912. The summed E-state index contributed by atoms with van der Waals surface area (Å²) in [5.74, 6) is -1.81. The van der Waals surface area contributed by atoms with Crippen LogP contribution in [0.25, 0.3) is 0 Å². The molecule has 2 aromatic rings. The topological polar surface area (TPSA) is 89.8 Å². The molecule has 0 bridgehead atoms. The monoisotopic (exact) mass is 337 g/mol. The Morgan fingerprint density at radius 2 is 1.96 bits per heavy atom. The SMILES string of the molecule is O=C(N[C@H](CO)c1cccc(Cl)c1)c1cccc(B(O)O)c1F. The summed E-state index contributed by atoms with van der Waals surface area (Å²) >= 11 is 5.87. The number of carbonyl (C=O) groups excluding carboxylic acids is 1. The van der Waals surface area contributed by atoms with Gasteiger partial charge in [0.1, 0.15) is 5.82 Å². The number of halogens is 2. The van der Waals surface area contributed by atoms with Gasteiger partial charge in [0.2, 0.25) is 0 Å². The molecule has 0 aliphatic carbocycles. The smallest absolute Gasteiger partial charge is 0.423 e. The van der Waals surface area contributed by atoms with E-state index in [-0.39, 0.29) is 5.56 Å². The fourth-order valence-corrected chi connectivity index (χ4v) is 2.32. The minimum atomic E-state index is -2.02. The normalized spacial score (nSPS) is 11.9. The highest BCUT2D eigenvalue weighted by Crippen LogP contribution is 2.18. The van der Waals surface area contributed by atoms with Gasteiger partial charge in [-0.1, -0.05) is 35.9 Å². The maximum Gasteiger partial charge on any atom is 0.491 e. The molecule has 0 heterocycles. The van der Waals surface area contributed by atoms with Crippen molar-refractivity contribution >= 4 is 30.1 Å². The Hall–Kier alpha value is -1.93. The number of benzene rings is 2. The van der Waals surface area contributed by atoms with Gasteiger partial charge in [-0.2, -0.15) is 0 Å². The van der Waals surface area contributed by atoms with E-state index in [4.69, 9.17) is 21.6 Å². The zero-order valence-corrected chi connectivity index (χ0v) is 12.7. The van der Waals surface area contributed by atoms with Gasteiger partial charge in [0, 0.05) is 10.5 Å². The molecular formula is C15H14BClFNO4. The van der Waals surface area contributed by atoms with Crippen LogP contribution < -0.4 is 10.8 Å². The third-order valence-corrected chi connectivity index (χ3v) is 3.53. The number of nitrogens with one attached hydrogen (secondary N) is 1. The van der Waals surface area contributed by atoms with E-state index < -0.39 is 37.0 Å². The van der Waals surface area contributed by atoms with Gasteiger partial charge in [-0.15, -0.1) is 0 Å². The van der Waals surface area contributed by atoms with Gasteiger partial charge in [-0.05, 0) is 23.8 Å². The number of aliphatic hydroxyl groups excluding tert-OH is 1. The van der Waals surface area contributed by atoms with Crippen LogP contribution in [0.4, 0.5) is 4.39 Å². The quantitative estimate of drug-likeness (QED) is 0.602. The van der Waals surface area contributed by atoms with Crippen molar-refractivity contribution in [1.29, 1.82) is 0 Å². The Kier molecular flexibility index (Phi) is 5.73. The van der Waals surface area contributed by atoms with Crippen LogP contribution in [0.1, 0.15) is 22.0 Å². The summed E-state index contributed by atoms with van der Waals surface area (Å²) < 4.78 is 14.1. The van der Waals surface area contributed by atoms with Gasteiger partial charge >= 0.3 is 7.12 Å². The minimum absolute atomic E-state index is 0.351. The predicted octanol–water partition coefficient (Wildman–Crippen LogP) is 0.622. The van der Waals surface area contributed by atoms with E-state index in [1.165, 1.54) is 12.1 Å². The standard InChI is InChI=1S/C15H14BClFNO4/c17-10-4-1-3-9(7-10)13(8-20)19-15(21)11-5-2-6-12(14(11)18)16(22)23/h1-7,13,20,22-23H,8H2,(H,19,21)/t13-/m1/s1. The first-order valence-electron chi connectivity index (χ1n) is 6.75. The minimum Gasteiger partial charge on any atom is -0.423 e. The van der Waals surface area contributed by atoms with Crippen molar-refractivity contribution in [2.45, 2.75) is 6.04 Å². The Morgan fingerprint density at radius 3 is 2.57 bits per heavy atom. The molecule has 0 fully saturated rings. The number of aliphatic hydroxyl groups is 1. The van der Waals surface area contributed by atoms with Crippen LogP contribution in [0.5, 0.6) is 0 Å². The summed E-state index contributed by atoms with van der Waals surface area (Å²) in [6.45, 7) is -0.407. The van der Waals surface area contributed by atoms with E-state index in [0.29, 0.717) is 10.6 Å². The molecule has 0 spiro atoms. The molecule has 1 amide bonds. The Bertz CT molecular complexity index is 714. The lowest BCUT2D eigenvalue weighted by Crippen LogP contribution is -2.37. The first-order chi connectivity index (χ1) is 10.9. The highest BCUT2D eigenvalue weighted by atomic mass is 35.5. The molecule has 4 N–H and O–H groups in total. The molecule has 1 atom stereocenters. The molecule has 0 aromatic heterocycles. The van der Waals surface area contributed by atoms with Crippen LogP contribution in [-0.2, 0) is 0 Å². The summed E-state index contributed by atoms with van der Waals surface area (Å²) in [6, 6.07) is 9.48. The summed E-state index contributed by atoms with van der Waals surface area (Å²) in [4.78, 5) is 12.2. The van der Waals surface area contributed by atoms with Crippen LogP contribution in [0.2, 0.25) is 5.02 Å². The molecule has 0 saturated heterocycles. The largest absolute Gasteiger partial charge is 0.491 e. The van der Waals surface area contributed by atoms with Crippen LogP contribution in [0.3, 0.4) is 0 Å². The molecule has 8 heteroatoms. The number of rotatable bonds is 5. The lowest BCUT2D eigenvalue weighted by Gasteiger charge is -2.17. The maximum absolute atomic E-state index is 14.1. The predicted molar refractivity (Wildman–Crippen MR) is 85.0 cm³/mol. The van der Waals surface area contributed by atoms with E-state index in [2.05, 4.69) is 5.32 Å². The number of carbonyl (C=O) groups is 1. The van der Waals surface area contributed by atoms with Crippen molar-refractivity contribution in [2.24, 2.45) is 0 Å². The van der Waals surface area contributed by atoms with Crippen molar-refractivity contribution in [2.75, 3.05) is 6.61 Å². The highest BCUT2D eigenvalue weighted by Gasteiger charge is 2.23. The molecule has 2 aromatic carbocycles. The third-order valence-electron chi connectivity index (χ3n) is 3.29. The van der Waals surface area contributed by atoms with Crippen molar-refractivity contribution < 1.29 is 24.3 Å². The van der Waals surface area contributed by atoms with Gasteiger partial charge in [0.25, 0.3) is 5.91 Å². The summed E-state index contributed by atoms with van der Waals surface area (Å²) in [6.07, 6.45) is 0. The molecule has 0 aliphatic heterocycles. The van der Waals surface area contributed by atoms with Crippen LogP contribution in [0, 0.1) is 5.82 Å². The molecule has 5 nitrogen and oxygen atoms in total. The van der Waals surface area contributed by atoms with Gasteiger partial charge in [-0.3, -0.25) is 4.79 Å².